The first kappa shape index (κ1) is 27.7. The van der Waals surface area contributed by atoms with Gasteiger partial charge in [-0.2, -0.15) is 10.2 Å². The Morgan fingerprint density at radius 2 is 1.98 bits per heavy atom. The monoisotopic (exact) mass is 574 g/mol. The van der Waals surface area contributed by atoms with Crippen molar-refractivity contribution in [2.45, 2.75) is 70.7 Å². The number of likely N-dealkylation sites (tertiary alicyclic amines) is 1. The van der Waals surface area contributed by atoms with Gasteiger partial charge in [0.1, 0.15) is 22.9 Å². The number of hydrogen-bond acceptors (Lipinski definition) is 9. The van der Waals surface area contributed by atoms with Gasteiger partial charge in [0.2, 0.25) is 0 Å². The molecule has 1 aromatic carbocycles. The van der Waals surface area contributed by atoms with Crippen molar-refractivity contribution < 1.29 is 19.4 Å². The lowest BCUT2D eigenvalue weighted by molar-refractivity contribution is 0.0169. The Hall–Kier alpha value is -4.48. The van der Waals surface area contributed by atoms with Gasteiger partial charge in [-0.1, -0.05) is 0 Å². The Morgan fingerprint density at radius 1 is 1.14 bits per heavy atom. The lowest BCUT2D eigenvalue weighted by Gasteiger charge is -2.34. The molecule has 1 saturated heterocycles. The number of carbonyl (C=O) groups excluding carboxylic acids is 1. The Balaban J connectivity index is 1.34. The van der Waals surface area contributed by atoms with Crippen LogP contribution in [0.2, 0.25) is 0 Å². The number of nitrogens with one attached hydrogen (secondary N) is 2. The third kappa shape index (κ3) is 5.93. The molecule has 6 rings (SSSR count). The topological polar surface area (TPSA) is 132 Å². The second kappa shape index (κ2) is 11.1. The minimum Gasteiger partial charge on any atom is -0.508 e. The zero-order valence-corrected chi connectivity index (χ0v) is 24.5. The van der Waals surface area contributed by atoms with Crippen LogP contribution in [-0.2, 0) is 11.3 Å². The molecule has 0 unspecified atom stereocenters. The molecule has 1 aliphatic carbocycles. The number of aromatic nitrogens is 5. The lowest BCUT2D eigenvalue weighted by atomic mass is 10.1. The summed E-state index contributed by atoms with van der Waals surface area (Å²) in [5, 5.41) is 27.2. The quantitative estimate of drug-likeness (QED) is 0.246. The van der Waals surface area contributed by atoms with E-state index < -0.39 is 5.60 Å². The summed E-state index contributed by atoms with van der Waals surface area (Å²) in [6.07, 6.45) is 9.31. The summed E-state index contributed by atoms with van der Waals surface area (Å²) >= 11 is 0. The van der Waals surface area contributed by atoms with Gasteiger partial charge in [-0.3, -0.25) is 9.36 Å². The van der Waals surface area contributed by atoms with Crippen LogP contribution in [0.1, 0.15) is 64.1 Å². The highest BCUT2D eigenvalue weighted by atomic mass is 16.6. The van der Waals surface area contributed by atoms with Gasteiger partial charge in [0, 0.05) is 43.7 Å². The molecular formula is C30H38N8O4. The number of nitrogens with zero attached hydrogens (tertiary/aromatic N) is 6. The Morgan fingerprint density at radius 3 is 2.74 bits per heavy atom. The molecule has 1 atom stereocenters. The number of amides is 1. The average Bonchev–Trinajstić information content (AvgIpc) is 3.60. The van der Waals surface area contributed by atoms with Crippen molar-refractivity contribution in [2.75, 3.05) is 30.8 Å². The standard InChI is InChI=1S/C30H38N8O4/c1-30(2,3)42-29(40)36-13-5-6-22(18-36)38-24-11-12-31-27(32-15-19-7-10-23(39)14-25(19)41-4)26(24)28(35-38)34-20-16-33-37(17-20)21-8-9-21/h7,10-12,14,16-17,21-22,39H,5-6,8-9,13,15,18H2,1-4H3,(H,31,32)(H,34,35)/t22-/m1/s1. The molecule has 1 aliphatic heterocycles. The predicted molar refractivity (Wildman–Crippen MR) is 159 cm³/mol. The number of pyridine rings is 1. The van der Waals surface area contributed by atoms with Gasteiger partial charge in [0.05, 0.1) is 42.0 Å². The predicted octanol–water partition coefficient (Wildman–Crippen LogP) is 5.60. The van der Waals surface area contributed by atoms with Crippen molar-refractivity contribution in [3.63, 3.8) is 0 Å². The zero-order valence-electron chi connectivity index (χ0n) is 24.5. The molecule has 3 aromatic heterocycles. The van der Waals surface area contributed by atoms with Crippen LogP contribution in [0.25, 0.3) is 10.9 Å². The summed E-state index contributed by atoms with van der Waals surface area (Å²) in [6.45, 7) is 7.22. The Kier molecular flexibility index (Phi) is 7.29. The van der Waals surface area contributed by atoms with E-state index in [1.807, 2.05) is 54.7 Å². The number of fused-ring (bicyclic) bond motifs is 1. The second-order valence-corrected chi connectivity index (χ2v) is 12.0. The smallest absolute Gasteiger partial charge is 0.410 e. The number of methoxy groups -OCH3 is 1. The molecule has 1 amide bonds. The van der Waals surface area contributed by atoms with E-state index in [0.29, 0.717) is 43.1 Å². The van der Waals surface area contributed by atoms with Crippen LogP contribution >= 0.6 is 0 Å². The first-order chi connectivity index (χ1) is 20.2. The van der Waals surface area contributed by atoms with Crippen molar-refractivity contribution in [3.05, 3.63) is 48.4 Å². The number of piperidine rings is 1. The number of hydrogen-bond donors (Lipinski definition) is 3. The molecule has 2 fully saturated rings. The largest absolute Gasteiger partial charge is 0.508 e. The van der Waals surface area contributed by atoms with E-state index in [4.69, 9.17) is 14.6 Å². The molecule has 0 bridgehead atoms. The van der Waals surface area contributed by atoms with Crippen LogP contribution in [-0.4, -0.2) is 66.4 Å². The molecule has 4 heterocycles. The number of carbonyl (C=O) groups is 1. The first-order valence-electron chi connectivity index (χ1n) is 14.4. The zero-order chi connectivity index (χ0) is 29.4. The van der Waals surface area contributed by atoms with Gasteiger partial charge in [0.25, 0.3) is 0 Å². The van der Waals surface area contributed by atoms with E-state index in [1.54, 1.807) is 30.3 Å². The van der Waals surface area contributed by atoms with E-state index in [-0.39, 0.29) is 17.9 Å². The maximum atomic E-state index is 12.9. The fraction of sp³-hybridized carbons (Fsp3) is 0.467. The first-order valence-corrected chi connectivity index (χ1v) is 14.4. The second-order valence-electron chi connectivity index (χ2n) is 12.0. The molecule has 1 saturated carbocycles. The number of aromatic hydroxyl groups is 1. The number of phenols is 1. The van der Waals surface area contributed by atoms with Crippen molar-refractivity contribution in [3.8, 4) is 11.5 Å². The van der Waals surface area contributed by atoms with E-state index in [2.05, 4.69) is 20.7 Å². The molecule has 12 nitrogen and oxygen atoms in total. The van der Waals surface area contributed by atoms with E-state index in [9.17, 15) is 9.90 Å². The van der Waals surface area contributed by atoms with Crippen molar-refractivity contribution in [1.29, 1.82) is 0 Å². The molecule has 4 aromatic rings. The van der Waals surface area contributed by atoms with Crippen molar-refractivity contribution in [1.82, 2.24) is 29.4 Å². The molecular weight excluding hydrogens is 536 g/mol. The number of phenolic OH excluding ortho intramolecular Hbond substituents is 1. The van der Waals surface area contributed by atoms with Gasteiger partial charge in [-0.05, 0) is 64.7 Å². The van der Waals surface area contributed by atoms with E-state index >= 15 is 0 Å². The Labute approximate surface area is 244 Å². The Bertz CT molecular complexity index is 1590. The minimum absolute atomic E-state index is 0.0362. The van der Waals surface area contributed by atoms with Crippen molar-refractivity contribution in [2.24, 2.45) is 0 Å². The molecule has 222 valence electrons. The third-order valence-electron chi connectivity index (χ3n) is 7.52. The molecule has 12 heteroatoms. The summed E-state index contributed by atoms with van der Waals surface area (Å²) in [5.74, 6) is 2.04. The van der Waals surface area contributed by atoms with Gasteiger partial charge in [-0.15, -0.1) is 0 Å². The maximum absolute atomic E-state index is 12.9. The highest BCUT2D eigenvalue weighted by Crippen LogP contribution is 2.37. The van der Waals surface area contributed by atoms with Crippen LogP contribution in [0.15, 0.2) is 42.9 Å². The number of anilines is 3. The summed E-state index contributed by atoms with van der Waals surface area (Å²) < 4.78 is 15.1. The van der Waals surface area contributed by atoms with Crippen LogP contribution in [0, 0.1) is 0 Å². The SMILES string of the molecule is COc1cc(O)ccc1CNc1nccc2c1c(Nc1cnn(C3CC3)c1)nn2[C@@H]1CCCN(C(=O)OC(C)(C)C)C1. The average molecular weight is 575 g/mol. The highest BCUT2D eigenvalue weighted by molar-refractivity contribution is 6.00. The normalized spacial score (nSPS) is 17.3. The fourth-order valence-corrected chi connectivity index (χ4v) is 5.37. The fourth-order valence-electron chi connectivity index (χ4n) is 5.37. The number of benzene rings is 1. The van der Waals surface area contributed by atoms with Gasteiger partial charge in [-0.25, -0.2) is 9.78 Å². The summed E-state index contributed by atoms with van der Waals surface area (Å²) in [6, 6.07) is 7.44. The third-order valence-corrected chi connectivity index (χ3v) is 7.52. The van der Waals surface area contributed by atoms with Gasteiger partial charge < -0.3 is 30.1 Å². The van der Waals surface area contributed by atoms with Crippen molar-refractivity contribution >= 4 is 34.3 Å². The summed E-state index contributed by atoms with van der Waals surface area (Å²) in [4.78, 5) is 19.4. The maximum Gasteiger partial charge on any atom is 0.410 e. The van der Waals surface area contributed by atoms with Gasteiger partial charge in [0.15, 0.2) is 5.82 Å². The molecule has 3 N–H and O–H groups in total. The number of rotatable bonds is 8. The van der Waals surface area contributed by atoms with Crippen LogP contribution in [0.3, 0.4) is 0 Å². The molecule has 0 radical (unpaired) electrons. The van der Waals surface area contributed by atoms with Crippen LogP contribution in [0.5, 0.6) is 11.5 Å². The minimum atomic E-state index is -0.559. The number of ether oxygens (including phenoxy) is 2. The molecule has 0 spiro atoms. The van der Waals surface area contributed by atoms with E-state index in [0.717, 1.165) is 47.8 Å². The molecule has 2 aliphatic rings. The van der Waals surface area contributed by atoms with Gasteiger partial charge >= 0.3 is 6.09 Å². The lowest BCUT2D eigenvalue weighted by Crippen LogP contribution is -2.43. The molecule has 42 heavy (non-hydrogen) atoms. The van der Waals surface area contributed by atoms with E-state index in [1.165, 1.54) is 0 Å². The van der Waals surface area contributed by atoms with Crippen LogP contribution in [0.4, 0.5) is 22.1 Å². The van der Waals surface area contributed by atoms with Crippen LogP contribution < -0.4 is 15.4 Å². The highest BCUT2D eigenvalue weighted by Gasteiger charge is 2.31. The summed E-state index contributed by atoms with van der Waals surface area (Å²) in [7, 11) is 1.58. The summed E-state index contributed by atoms with van der Waals surface area (Å²) in [5.41, 5.74) is 2.07.